The predicted molar refractivity (Wildman–Crippen MR) is 83.8 cm³/mol. The summed E-state index contributed by atoms with van der Waals surface area (Å²) >= 11 is 0. The van der Waals surface area contributed by atoms with Gasteiger partial charge in [-0.2, -0.15) is 5.10 Å². The number of urea groups is 1. The molecule has 0 aliphatic carbocycles. The first-order valence-electron chi connectivity index (χ1n) is 7.02. The van der Waals surface area contributed by atoms with E-state index in [-0.39, 0.29) is 12.2 Å². The van der Waals surface area contributed by atoms with Crippen molar-refractivity contribution in [3.05, 3.63) is 71.8 Å². The Morgan fingerprint density at radius 3 is 2.32 bits per heavy atom. The topological polar surface area (TPSA) is 70.6 Å². The quantitative estimate of drug-likeness (QED) is 0.849. The van der Waals surface area contributed by atoms with E-state index >= 15 is 0 Å². The average Bonchev–Trinajstić information content (AvgIpc) is 2.56. The number of hydrogen-bond donors (Lipinski definition) is 2. The van der Waals surface area contributed by atoms with Gasteiger partial charge in [0.05, 0.1) is 11.8 Å². The normalized spacial score (nSPS) is 17.2. The average molecular weight is 293 g/mol. The summed E-state index contributed by atoms with van der Waals surface area (Å²) in [4.78, 5) is 23.9. The molecular formula is C17H15N3O2. The van der Waals surface area contributed by atoms with Crippen LogP contribution >= 0.6 is 0 Å². The van der Waals surface area contributed by atoms with Crippen molar-refractivity contribution in [1.82, 2.24) is 10.7 Å². The fourth-order valence-corrected chi connectivity index (χ4v) is 2.40. The molecule has 0 spiro atoms. The second-order valence-corrected chi connectivity index (χ2v) is 4.99. The summed E-state index contributed by atoms with van der Waals surface area (Å²) in [7, 11) is 0. The van der Waals surface area contributed by atoms with Gasteiger partial charge in [-0.05, 0) is 5.56 Å². The van der Waals surface area contributed by atoms with Gasteiger partial charge < -0.3 is 5.32 Å². The van der Waals surface area contributed by atoms with Crippen molar-refractivity contribution in [2.45, 2.75) is 12.5 Å². The molecule has 22 heavy (non-hydrogen) atoms. The van der Waals surface area contributed by atoms with E-state index in [0.29, 0.717) is 11.3 Å². The molecule has 0 fully saturated rings. The molecule has 110 valence electrons. The smallest absolute Gasteiger partial charge is 0.328 e. The van der Waals surface area contributed by atoms with Crippen LogP contribution < -0.4 is 10.7 Å². The highest BCUT2D eigenvalue weighted by molar-refractivity contribution is 6.10. The third-order valence-electron chi connectivity index (χ3n) is 3.47. The van der Waals surface area contributed by atoms with Crippen LogP contribution in [0.25, 0.3) is 0 Å². The third kappa shape index (κ3) is 3.03. The molecule has 0 unspecified atom stereocenters. The lowest BCUT2D eigenvalue weighted by atomic mass is 9.96. The van der Waals surface area contributed by atoms with Gasteiger partial charge >= 0.3 is 6.03 Å². The minimum absolute atomic E-state index is 0.0311. The van der Waals surface area contributed by atoms with E-state index in [4.69, 9.17) is 0 Å². The Bertz CT molecular complexity index is 711. The number of ketones is 1. The Morgan fingerprint density at radius 1 is 1.00 bits per heavy atom. The molecule has 0 saturated heterocycles. The first kappa shape index (κ1) is 14.0. The SMILES string of the molecule is O=C1NN=C(c2ccccc2)[C@H](CC(=O)c2ccccc2)N1. The molecule has 0 saturated carbocycles. The summed E-state index contributed by atoms with van der Waals surface area (Å²) < 4.78 is 0. The summed E-state index contributed by atoms with van der Waals surface area (Å²) in [6, 6.07) is 17.7. The van der Waals surface area contributed by atoms with Crippen LogP contribution in [0, 0.1) is 0 Å². The molecule has 1 atom stereocenters. The Hall–Kier alpha value is -2.95. The van der Waals surface area contributed by atoms with Gasteiger partial charge in [0.2, 0.25) is 0 Å². The Labute approximate surface area is 128 Å². The van der Waals surface area contributed by atoms with Crippen molar-refractivity contribution in [1.29, 1.82) is 0 Å². The first-order valence-corrected chi connectivity index (χ1v) is 7.02. The molecule has 0 aromatic heterocycles. The van der Waals surface area contributed by atoms with Crippen LogP contribution in [-0.4, -0.2) is 23.6 Å². The van der Waals surface area contributed by atoms with E-state index < -0.39 is 12.1 Å². The molecule has 2 N–H and O–H groups in total. The van der Waals surface area contributed by atoms with Gasteiger partial charge in [-0.15, -0.1) is 0 Å². The number of nitrogens with zero attached hydrogens (tertiary/aromatic N) is 1. The molecule has 2 amide bonds. The molecule has 1 heterocycles. The van der Waals surface area contributed by atoms with E-state index in [1.807, 2.05) is 48.5 Å². The summed E-state index contributed by atoms with van der Waals surface area (Å²) in [5, 5.41) is 6.88. The van der Waals surface area contributed by atoms with E-state index in [2.05, 4.69) is 15.8 Å². The standard InChI is InChI=1S/C17H15N3O2/c21-15(12-7-3-1-4-8-12)11-14-16(19-20-17(22)18-14)13-9-5-2-6-10-13/h1-10,14H,11H2,(H2,18,20,22)/t14-/m0/s1. The fourth-order valence-electron chi connectivity index (χ4n) is 2.40. The van der Waals surface area contributed by atoms with Crippen LogP contribution in [0.3, 0.4) is 0 Å². The van der Waals surface area contributed by atoms with Crippen molar-refractivity contribution in [2.24, 2.45) is 5.10 Å². The van der Waals surface area contributed by atoms with E-state index in [1.54, 1.807) is 12.1 Å². The van der Waals surface area contributed by atoms with E-state index in [1.165, 1.54) is 0 Å². The van der Waals surface area contributed by atoms with E-state index in [0.717, 1.165) is 5.56 Å². The maximum Gasteiger partial charge on any atom is 0.335 e. The highest BCUT2D eigenvalue weighted by Gasteiger charge is 2.27. The largest absolute Gasteiger partial charge is 0.335 e. The Balaban J connectivity index is 1.84. The van der Waals surface area contributed by atoms with Crippen molar-refractivity contribution < 1.29 is 9.59 Å². The zero-order valence-corrected chi connectivity index (χ0v) is 11.8. The van der Waals surface area contributed by atoms with Crippen LogP contribution in [0.15, 0.2) is 65.8 Å². The van der Waals surface area contributed by atoms with Crippen molar-refractivity contribution in [3.8, 4) is 0 Å². The molecule has 1 aliphatic rings. The van der Waals surface area contributed by atoms with Crippen LogP contribution in [0.5, 0.6) is 0 Å². The first-order chi connectivity index (χ1) is 10.7. The number of carbonyl (C=O) groups excluding carboxylic acids is 2. The lowest BCUT2D eigenvalue weighted by molar-refractivity contribution is 0.0977. The fraction of sp³-hybridized carbons (Fsp3) is 0.118. The minimum atomic E-state index is -0.441. The molecule has 2 aromatic rings. The lowest BCUT2D eigenvalue weighted by Crippen LogP contribution is -2.51. The molecule has 0 bridgehead atoms. The molecule has 1 aliphatic heterocycles. The minimum Gasteiger partial charge on any atom is -0.328 e. The monoisotopic (exact) mass is 293 g/mol. The van der Waals surface area contributed by atoms with Gasteiger partial charge in [-0.1, -0.05) is 60.7 Å². The van der Waals surface area contributed by atoms with Crippen LogP contribution in [0.1, 0.15) is 22.3 Å². The van der Waals surface area contributed by atoms with Crippen LogP contribution in [0.2, 0.25) is 0 Å². The van der Waals surface area contributed by atoms with Crippen LogP contribution in [-0.2, 0) is 0 Å². The van der Waals surface area contributed by atoms with Gasteiger partial charge in [0.25, 0.3) is 0 Å². The number of nitrogens with one attached hydrogen (secondary N) is 2. The molecular weight excluding hydrogens is 278 g/mol. The third-order valence-corrected chi connectivity index (χ3v) is 3.47. The zero-order chi connectivity index (χ0) is 15.4. The van der Waals surface area contributed by atoms with Gasteiger partial charge in [0.1, 0.15) is 0 Å². The highest BCUT2D eigenvalue weighted by Crippen LogP contribution is 2.13. The number of hydrogen-bond acceptors (Lipinski definition) is 3. The summed E-state index contributed by atoms with van der Waals surface area (Å²) in [5.41, 5.74) is 4.56. The summed E-state index contributed by atoms with van der Waals surface area (Å²) in [5.74, 6) is -0.0311. The molecule has 3 rings (SSSR count). The van der Waals surface area contributed by atoms with Crippen molar-refractivity contribution in [2.75, 3.05) is 0 Å². The second kappa shape index (κ2) is 6.22. The Morgan fingerprint density at radius 2 is 1.64 bits per heavy atom. The second-order valence-electron chi connectivity index (χ2n) is 4.99. The number of carbonyl (C=O) groups is 2. The van der Waals surface area contributed by atoms with Gasteiger partial charge in [0.15, 0.2) is 5.78 Å². The van der Waals surface area contributed by atoms with E-state index in [9.17, 15) is 9.59 Å². The van der Waals surface area contributed by atoms with Gasteiger partial charge in [0, 0.05) is 12.0 Å². The summed E-state index contributed by atoms with van der Waals surface area (Å²) in [6.45, 7) is 0. The molecule has 2 aromatic carbocycles. The van der Waals surface area contributed by atoms with Crippen molar-refractivity contribution >= 4 is 17.5 Å². The Kier molecular flexibility index (Phi) is 3.96. The molecule has 5 heteroatoms. The van der Waals surface area contributed by atoms with Crippen molar-refractivity contribution in [3.63, 3.8) is 0 Å². The van der Waals surface area contributed by atoms with Gasteiger partial charge in [-0.3, -0.25) is 4.79 Å². The lowest BCUT2D eigenvalue weighted by Gasteiger charge is -2.24. The number of amides is 2. The number of Topliss-reactive ketones (excluding diaryl/α,β-unsaturated/α-hetero) is 1. The molecule has 5 nitrogen and oxygen atoms in total. The number of benzene rings is 2. The van der Waals surface area contributed by atoms with Gasteiger partial charge in [-0.25, -0.2) is 10.2 Å². The highest BCUT2D eigenvalue weighted by atomic mass is 16.2. The zero-order valence-electron chi connectivity index (χ0n) is 11.8. The maximum atomic E-state index is 12.4. The number of rotatable bonds is 4. The van der Waals surface area contributed by atoms with Crippen LogP contribution in [0.4, 0.5) is 4.79 Å². The number of hydrazone groups is 1. The maximum absolute atomic E-state index is 12.4. The summed E-state index contributed by atoms with van der Waals surface area (Å²) in [6.07, 6.45) is 0.172. The molecule has 0 radical (unpaired) electrons. The predicted octanol–water partition coefficient (Wildman–Crippen LogP) is 2.35.